The minimum atomic E-state index is -3.86. The Labute approximate surface area is 173 Å². The van der Waals surface area contributed by atoms with E-state index >= 15 is 0 Å². The van der Waals surface area contributed by atoms with Crippen LogP contribution in [0, 0.1) is 25.7 Å². The second-order valence-corrected chi connectivity index (χ2v) is 10.3. The first kappa shape index (κ1) is 20.0. The van der Waals surface area contributed by atoms with Crippen LogP contribution in [0.5, 0.6) is 0 Å². The minimum Gasteiger partial charge on any atom is -0.352 e. The Morgan fingerprint density at radius 1 is 1.03 bits per heavy atom. The smallest absolute Gasteiger partial charge is 0.264 e. The average Bonchev–Trinajstić information content (AvgIpc) is 3.30. The van der Waals surface area contributed by atoms with E-state index in [4.69, 9.17) is 0 Å². The highest BCUT2D eigenvalue weighted by Crippen LogP contribution is 2.44. The van der Waals surface area contributed by atoms with Gasteiger partial charge in [-0.1, -0.05) is 42.3 Å². The van der Waals surface area contributed by atoms with E-state index in [1.54, 1.807) is 36.4 Å². The third-order valence-corrected chi connectivity index (χ3v) is 8.14. The summed E-state index contributed by atoms with van der Waals surface area (Å²) in [5.41, 5.74) is 2.34. The molecular weight excluding hydrogens is 384 g/mol. The normalized spacial score (nSPS) is 23.2. The number of nitrogens with one attached hydrogen (secondary N) is 1. The van der Waals surface area contributed by atoms with Gasteiger partial charge in [-0.15, -0.1) is 0 Å². The van der Waals surface area contributed by atoms with Gasteiger partial charge in [0.1, 0.15) is 6.54 Å². The molecule has 0 unspecified atom stereocenters. The van der Waals surface area contributed by atoms with Crippen molar-refractivity contribution in [3.05, 3.63) is 59.7 Å². The number of hydrogen-bond donors (Lipinski definition) is 1. The summed E-state index contributed by atoms with van der Waals surface area (Å²) in [7, 11) is -3.86. The van der Waals surface area contributed by atoms with Crippen LogP contribution in [0.4, 0.5) is 5.69 Å². The fraction of sp³-hybridized carbons (Fsp3) is 0.435. The van der Waals surface area contributed by atoms with Crippen molar-refractivity contribution < 1.29 is 13.2 Å². The molecule has 2 aromatic carbocycles. The molecule has 0 saturated heterocycles. The number of sulfonamides is 1. The van der Waals surface area contributed by atoms with E-state index < -0.39 is 10.0 Å². The summed E-state index contributed by atoms with van der Waals surface area (Å²) in [6.45, 7) is 3.56. The SMILES string of the molecule is Cc1ccc(S(=O)(=O)N(CC(=O)N[C@@H]2C[C@H]3CC[C@H]2C3)c2ccccc2C)cc1. The number of carbonyl (C=O) groups excluding carboxylic acids is 1. The lowest BCUT2D eigenvalue weighted by molar-refractivity contribution is -0.120. The van der Waals surface area contributed by atoms with Gasteiger partial charge in [-0.25, -0.2) is 8.42 Å². The molecule has 4 rings (SSSR count). The highest BCUT2D eigenvalue weighted by molar-refractivity contribution is 7.92. The Balaban J connectivity index is 1.61. The standard InChI is InChI=1S/C23H28N2O3S/c1-16-7-11-20(12-8-16)29(27,28)25(22-6-4-3-5-17(22)2)15-23(26)24-21-14-18-9-10-19(21)13-18/h3-8,11-12,18-19,21H,9-10,13-15H2,1-2H3,(H,24,26)/t18-,19-,21+/m0/s1. The van der Waals surface area contributed by atoms with Crippen LogP contribution in [0.1, 0.15) is 36.8 Å². The van der Waals surface area contributed by atoms with Gasteiger partial charge in [0, 0.05) is 6.04 Å². The van der Waals surface area contributed by atoms with E-state index in [-0.39, 0.29) is 23.4 Å². The van der Waals surface area contributed by atoms with Gasteiger partial charge in [0.2, 0.25) is 5.91 Å². The van der Waals surface area contributed by atoms with Gasteiger partial charge >= 0.3 is 0 Å². The van der Waals surface area contributed by atoms with E-state index in [2.05, 4.69) is 5.32 Å². The molecule has 2 bridgehead atoms. The molecule has 2 aliphatic rings. The number of fused-ring (bicyclic) bond motifs is 2. The van der Waals surface area contributed by atoms with Crippen molar-refractivity contribution in [2.45, 2.75) is 50.5 Å². The van der Waals surface area contributed by atoms with Gasteiger partial charge in [0.15, 0.2) is 0 Å². The molecule has 154 valence electrons. The number of carbonyl (C=O) groups is 1. The molecule has 2 fully saturated rings. The van der Waals surface area contributed by atoms with Crippen molar-refractivity contribution in [2.24, 2.45) is 11.8 Å². The van der Waals surface area contributed by atoms with Crippen LogP contribution >= 0.6 is 0 Å². The van der Waals surface area contributed by atoms with E-state index in [1.165, 1.54) is 23.6 Å². The van der Waals surface area contributed by atoms with Crippen LogP contribution in [-0.2, 0) is 14.8 Å². The highest BCUT2D eigenvalue weighted by atomic mass is 32.2. The first-order valence-electron chi connectivity index (χ1n) is 10.3. The molecule has 2 saturated carbocycles. The predicted octanol–water partition coefficient (Wildman–Crippen LogP) is 3.80. The summed E-state index contributed by atoms with van der Waals surface area (Å²) in [5.74, 6) is 1.03. The molecule has 0 aliphatic heterocycles. The van der Waals surface area contributed by atoms with Gasteiger partial charge in [-0.2, -0.15) is 0 Å². The monoisotopic (exact) mass is 412 g/mol. The van der Waals surface area contributed by atoms with Gasteiger partial charge in [-0.05, 0) is 68.7 Å². The summed E-state index contributed by atoms with van der Waals surface area (Å²) in [6.07, 6.45) is 4.63. The molecular formula is C23H28N2O3S. The van der Waals surface area contributed by atoms with Crippen LogP contribution in [-0.4, -0.2) is 26.9 Å². The van der Waals surface area contributed by atoms with Crippen LogP contribution in [0.25, 0.3) is 0 Å². The summed E-state index contributed by atoms with van der Waals surface area (Å²) >= 11 is 0. The lowest BCUT2D eigenvalue weighted by Gasteiger charge is -2.28. The molecule has 6 heteroatoms. The zero-order chi connectivity index (χ0) is 20.6. The Bertz CT molecular complexity index is 1000. The Kier molecular flexibility index (Phi) is 5.38. The zero-order valence-corrected chi connectivity index (χ0v) is 17.8. The molecule has 29 heavy (non-hydrogen) atoms. The lowest BCUT2D eigenvalue weighted by Crippen LogP contribution is -2.46. The van der Waals surface area contributed by atoms with E-state index in [1.807, 2.05) is 26.0 Å². The molecule has 0 radical (unpaired) electrons. The quantitative estimate of drug-likeness (QED) is 0.785. The maximum absolute atomic E-state index is 13.4. The second-order valence-electron chi connectivity index (χ2n) is 8.46. The minimum absolute atomic E-state index is 0.182. The van der Waals surface area contributed by atoms with Crippen LogP contribution in [0.3, 0.4) is 0 Å². The summed E-state index contributed by atoms with van der Waals surface area (Å²) in [5, 5.41) is 3.12. The molecule has 1 N–H and O–H groups in total. The highest BCUT2D eigenvalue weighted by Gasteiger charge is 2.40. The number of benzene rings is 2. The van der Waals surface area contributed by atoms with Crippen LogP contribution in [0.2, 0.25) is 0 Å². The number of anilines is 1. The molecule has 2 aromatic rings. The lowest BCUT2D eigenvalue weighted by atomic mass is 9.95. The fourth-order valence-corrected chi connectivity index (χ4v) is 6.27. The van der Waals surface area contributed by atoms with Crippen molar-refractivity contribution in [1.82, 2.24) is 5.32 Å². The Morgan fingerprint density at radius 2 is 1.76 bits per heavy atom. The third kappa shape index (κ3) is 4.04. The maximum atomic E-state index is 13.4. The van der Waals surface area contributed by atoms with Gasteiger partial charge < -0.3 is 5.32 Å². The number of para-hydroxylation sites is 1. The molecule has 1 amide bonds. The molecule has 3 atom stereocenters. The number of amides is 1. The molecule has 0 spiro atoms. The number of rotatable bonds is 6. The van der Waals surface area contributed by atoms with Crippen molar-refractivity contribution in [1.29, 1.82) is 0 Å². The third-order valence-electron chi connectivity index (χ3n) is 6.36. The maximum Gasteiger partial charge on any atom is 0.264 e. The largest absolute Gasteiger partial charge is 0.352 e. The Morgan fingerprint density at radius 3 is 2.38 bits per heavy atom. The van der Waals surface area contributed by atoms with Crippen molar-refractivity contribution >= 4 is 21.6 Å². The molecule has 5 nitrogen and oxygen atoms in total. The first-order valence-corrected chi connectivity index (χ1v) is 11.7. The van der Waals surface area contributed by atoms with Crippen molar-refractivity contribution in [3.8, 4) is 0 Å². The van der Waals surface area contributed by atoms with Gasteiger partial charge in [0.05, 0.1) is 10.6 Å². The zero-order valence-electron chi connectivity index (χ0n) is 17.0. The van der Waals surface area contributed by atoms with Crippen LogP contribution < -0.4 is 9.62 Å². The summed E-state index contributed by atoms with van der Waals surface area (Å²) in [6, 6.07) is 14.2. The predicted molar refractivity (Wildman–Crippen MR) is 114 cm³/mol. The Hall–Kier alpha value is -2.34. The molecule has 2 aliphatic carbocycles. The van der Waals surface area contributed by atoms with E-state index in [0.29, 0.717) is 17.5 Å². The second kappa shape index (κ2) is 7.82. The van der Waals surface area contributed by atoms with E-state index in [0.717, 1.165) is 17.5 Å². The topological polar surface area (TPSA) is 66.5 Å². The molecule has 0 aromatic heterocycles. The van der Waals surface area contributed by atoms with Crippen molar-refractivity contribution in [2.75, 3.05) is 10.8 Å². The van der Waals surface area contributed by atoms with E-state index in [9.17, 15) is 13.2 Å². The van der Waals surface area contributed by atoms with Crippen molar-refractivity contribution in [3.63, 3.8) is 0 Å². The van der Waals surface area contributed by atoms with Gasteiger partial charge in [-0.3, -0.25) is 9.10 Å². The number of hydrogen-bond acceptors (Lipinski definition) is 3. The van der Waals surface area contributed by atoms with Crippen LogP contribution in [0.15, 0.2) is 53.4 Å². The first-order chi connectivity index (χ1) is 13.8. The summed E-state index contributed by atoms with van der Waals surface area (Å²) < 4.78 is 28.1. The van der Waals surface area contributed by atoms with Gasteiger partial charge in [0.25, 0.3) is 10.0 Å². The summed E-state index contributed by atoms with van der Waals surface area (Å²) in [4.78, 5) is 13.1. The fourth-order valence-electron chi connectivity index (χ4n) is 4.78. The number of nitrogens with zero attached hydrogens (tertiary/aromatic N) is 1. The number of aryl methyl sites for hydroxylation is 2. The average molecular weight is 413 g/mol. The molecule has 0 heterocycles.